The van der Waals surface area contributed by atoms with Crippen LogP contribution in [0, 0.1) is 0 Å². The first-order valence-corrected chi connectivity index (χ1v) is 7.70. The zero-order valence-electron chi connectivity index (χ0n) is 13.4. The van der Waals surface area contributed by atoms with Gasteiger partial charge in [-0.25, -0.2) is 5.84 Å². The van der Waals surface area contributed by atoms with Crippen LogP contribution in [-0.4, -0.2) is 18.1 Å². The summed E-state index contributed by atoms with van der Waals surface area (Å²) in [5, 5.41) is 1.74. The SMILES string of the molecule is C=Cc1cccc(N2CCN(N)/C(=C(/C)N)c3ccccc32)c1. The molecule has 1 heterocycles. The first-order chi connectivity index (χ1) is 11.1. The van der Waals surface area contributed by atoms with Crippen molar-refractivity contribution in [2.75, 3.05) is 18.0 Å². The fourth-order valence-electron chi connectivity index (χ4n) is 3.03. The highest BCUT2D eigenvalue weighted by molar-refractivity contribution is 5.82. The van der Waals surface area contributed by atoms with Gasteiger partial charge in [0.15, 0.2) is 0 Å². The lowest BCUT2D eigenvalue weighted by molar-refractivity contribution is 0.428. The summed E-state index contributed by atoms with van der Waals surface area (Å²) in [6, 6.07) is 16.6. The molecular formula is C19H22N4. The molecule has 2 aromatic carbocycles. The van der Waals surface area contributed by atoms with Gasteiger partial charge < -0.3 is 15.6 Å². The molecule has 0 saturated heterocycles. The van der Waals surface area contributed by atoms with E-state index in [4.69, 9.17) is 11.6 Å². The van der Waals surface area contributed by atoms with Crippen LogP contribution in [0.25, 0.3) is 11.8 Å². The third kappa shape index (κ3) is 2.81. The molecule has 0 radical (unpaired) electrons. The molecule has 0 spiro atoms. The molecule has 4 heteroatoms. The summed E-state index contributed by atoms with van der Waals surface area (Å²) in [5.74, 6) is 6.24. The number of allylic oxidation sites excluding steroid dienone is 1. The Morgan fingerprint density at radius 1 is 1.13 bits per heavy atom. The molecule has 0 atom stereocenters. The lowest BCUT2D eigenvalue weighted by Crippen LogP contribution is -2.34. The predicted octanol–water partition coefficient (Wildman–Crippen LogP) is 3.30. The van der Waals surface area contributed by atoms with Crippen LogP contribution in [0.2, 0.25) is 0 Å². The van der Waals surface area contributed by atoms with Crippen LogP contribution in [0.15, 0.2) is 60.8 Å². The first kappa shape index (κ1) is 15.2. The van der Waals surface area contributed by atoms with Gasteiger partial charge in [0.05, 0.1) is 17.9 Å². The molecule has 1 aliphatic rings. The van der Waals surface area contributed by atoms with Crippen LogP contribution in [0.3, 0.4) is 0 Å². The van der Waals surface area contributed by atoms with Crippen molar-refractivity contribution in [2.45, 2.75) is 6.92 Å². The highest BCUT2D eigenvalue weighted by Crippen LogP contribution is 2.36. The van der Waals surface area contributed by atoms with Gasteiger partial charge in [0.25, 0.3) is 0 Å². The molecule has 0 unspecified atom stereocenters. The van der Waals surface area contributed by atoms with Crippen LogP contribution in [0.1, 0.15) is 18.1 Å². The number of anilines is 2. The van der Waals surface area contributed by atoms with E-state index in [1.165, 1.54) is 0 Å². The molecule has 1 aliphatic heterocycles. The lowest BCUT2D eigenvalue weighted by Gasteiger charge is -2.25. The average molecular weight is 306 g/mol. The second kappa shape index (κ2) is 6.18. The van der Waals surface area contributed by atoms with Crippen molar-refractivity contribution in [2.24, 2.45) is 11.6 Å². The van der Waals surface area contributed by atoms with Crippen molar-refractivity contribution in [1.82, 2.24) is 5.01 Å². The van der Waals surface area contributed by atoms with Crippen LogP contribution in [0.5, 0.6) is 0 Å². The molecular weight excluding hydrogens is 284 g/mol. The maximum atomic E-state index is 6.24. The molecule has 0 aliphatic carbocycles. The second-order valence-electron chi connectivity index (χ2n) is 5.69. The van der Waals surface area contributed by atoms with Gasteiger partial charge in [-0.05, 0) is 30.7 Å². The van der Waals surface area contributed by atoms with Gasteiger partial charge in [0.2, 0.25) is 0 Å². The van der Waals surface area contributed by atoms with Gasteiger partial charge in [-0.2, -0.15) is 0 Å². The van der Waals surface area contributed by atoms with E-state index in [1.54, 1.807) is 5.01 Å². The molecule has 0 fully saturated rings. The zero-order valence-corrected chi connectivity index (χ0v) is 13.4. The van der Waals surface area contributed by atoms with Crippen molar-refractivity contribution < 1.29 is 0 Å². The van der Waals surface area contributed by atoms with Gasteiger partial charge in [-0.15, -0.1) is 0 Å². The average Bonchev–Trinajstić information content (AvgIpc) is 2.71. The monoisotopic (exact) mass is 306 g/mol. The van der Waals surface area contributed by atoms with E-state index in [-0.39, 0.29) is 0 Å². The highest BCUT2D eigenvalue weighted by atomic mass is 15.4. The quantitative estimate of drug-likeness (QED) is 0.836. The van der Waals surface area contributed by atoms with Gasteiger partial charge in [0, 0.05) is 23.5 Å². The minimum absolute atomic E-state index is 0.691. The van der Waals surface area contributed by atoms with Gasteiger partial charge in [-0.1, -0.05) is 43.0 Å². The summed E-state index contributed by atoms with van der Waals surface area (Å²) < 4.78 is 0. The number of hydrogen-bond acceptors (Lipinski definition) is 4. The lowest BCUT2D eigenvalue weighted by atomic mass is 10.1. The molecule has 23 heavy (non-hydrogen) atoms. The third-order valence-corrected chi connectivity index (χ3v) is 4.09. The molecule has 0 aromatic heterocycles. The van der Waals surface area contributed by atoms with Crippen molar-refractivity contribution in [3.63, 3.8) is 0 Å². The van der Waals surface area contributed by atoms with Gasteiger partial charge in [0.1, 0.15) is 0 Å². The van der Waals surface area contributed by atoms with E-state index < -0.39 is 0 Å². The van der Waals surface area contributed by atoms with E-state index >= 15 is 0 Å². The molecule has 3 rings (SSSR count). The first-order valence-electron chi connectivity index (χ1n) is 7.70. The smallest absolute Gasteiger partial charge is 0.0795 e. The number of hydrazine groups is 1. The number of para-hydroxylation sites is 1. The van der Waals surface area contributed by atoms with E-state index in [9.17, 15) is 0 Å². The minimum atomic E-state index is 0.691. The number of fused-ring (bicyclic) bond motifs is 1. The maximum Gasteiger partial charge on any atom is 0.0795 e. The number of hydrogen-bond donors (Lipinski definition) is 2. The number of nitrogens with two attached hydrogens (primary N) is 2. The molecule has 4 N–H and O–H groups in total. The normalized spacial score (nSPS) is 16.6. The Kier molecular flexibility index (Phi) is 4.08. The fourth-order valence-corrected chi connectivity index (χ4v) is 3.03. The molecule has 2 aromatic rings. The van der Waals surface area contributed by atoms with E-state index in [0.717, 1.165) is 40.4 Å². The number of benzene rings is 2. The van der Waals surface area contributed by atoms with Crippen LogP contribution < -0.4 is 16.5 Å². The number of rotatable bonds is 2. The maximum absolute atomic E-state index is 6.24. The Labute approximate surface area is 137 Å². The summed E-state index contributed by atoms with van der Waals surface area (Å²) in [6.07, 6.45) is 1.86. The molecule has 0 bridgehead atoms. The molecule has 0 saturated carbocycles. The van der Waals surface area contributed by atoms with Gasteiger partial charge in [-0.3, -0.25) is 0 Å². The topological polar surface area (TPSA) is 58.5 Å². The largest absolute Gasteiger partial charge is 0.401 e. The van der Waals surface area contributed by atoms with Crippen LogP contribution >= 0.6 is 0 Å². The molecule has 0 amide bonds. The second-order valence-corrected chi connectivity index (χ2v) is 5.69. The predicted molar refractivity (Wildman–Crippen MR) is 97.7 cm³/mol. The summed E-state index contributed by atoms with van der Waals surface area (Å²) in [7, 11) is 0. The van der Waals surface area contributed by atoms with E-state index in [0.29, 0.717) is 6.54 Å². The zero-order chi connectivity index (χ0) is 16.4. The van der Waals surface area contributed by atoms with Crippen LogP contribution in [0.4, 0.5) is 11.4 Å². The van der Waals surface area contributed by atoms with E-state index in [1.807, 2.05) is 37.3 Å². The standard InChI is InChI=1S/C19H22N4/c1-3-15-7-6-8-16(13-15)22-11-12-23(21)19(14(2)20)17-9-4-5-10-18(17)22/h3-10,13H,1,11-12,20-21H2,2H3/b19-14-. The Bertz CT molecular complexity index is 759. The minimum Gasteiger partial charge on any atom is -0.401 e. The van der Waals surface area contributed by atoms with Crippen molar-refractivity contribution in [1.29, 1.82) is 0 Å². The summed E-state index contributed by atoms with van der Waals surface area (Å²) in [5.41, 5.74) is 12.1. The highest BCUT2D eigenvalue weighted by Gasteiger charge is 2.23. The Balaban J connectivity index is 2.17. The summed E-state index contributed by atoms with van der Waals surface area (Å²) in [6.45, 7) is 7.22. The van der Waals surface area contributed by atoms with Crippen LogP contribution in [-0.2, 0) is 0 Å². The molecule has 4 nitrogen and oxygen atoms in total. The van der Waals surface area contributed by atoms with Crippen molar-refractivity contribution in [3.05, 3.63) is 71.9 Å². The number of nitrogens with zero attached hydrogens (tertiary/aromatic N) is 2. The van der Waals surface area contributed by atoms with Gasteiger partial charge >= 0.3 is 0 Å². The Morgan fingerprint density at radius 2 is 1.91 bits per heavy atom. The van der Waals surface area contributed by atoms with Crippen molar-refractivity contribution in [3.8, 4) is 0 Å². The Hall–Kier alpha value is -2.72. The van der Waals surface area contributed by atoms with Crippen molar-refractivity contribution >= 4 is 23.1 Å². The third-order valence-electron chi connectivity index (χ3n) is 4.09. The Morgan fingerprint density at radius 3 is 2.65 bits per heavy atom. The molecule has 118 valence electrons. The van der Waals surface area contributed by atoms with E-state index in [2.05, 4.69) is 35.7 Å². The summed E-state index contributed by atoms with van der Waals surface area (Å²) in [4.78, 5) is 2.28. The fraction of sp³-hybridized carbons (Fsp3) is 0.158. The summed E-state index contributed by atoms with van der Waals surface area (Å²) >= 11 is 0.